The predicted molar refractivity (Wildman–Crippen MR) is 159 cm³/mol. The average molecular weight is 577 g/mol. The highest BCUT2D eigenvalue weighted by Gasteiger charge is 2.30. The Balaban J connectivity index is 2.12. The van der Waals surface area contributed by atoms with Crippen molar-refractivity contribution in [3.8, 4) is 0 Å². The van der Waals surface area contributed by atoms with E-state index >= 15 is 0 Å². The number of hydrogen-bond donors (Lipinski definition) is 7. The van der Waals surface area contributed by atoms with Gasteiger partial charge in [-0.15, -0.1) is 0 Å². The molecule has 0 bridgehead atoms. The number of amides is 3. The number of aromatic nitrogens is 1. The van der Waals surface area contributed by atoms with Crippen molar-refractivity contribution in [3.05, 3.63) is 36.0 Å². The van der Waals surface area contributed by atoms with Gasteiger partial charge in [0.1, 0.15) is 18.1 Å². The molecule has 11 nitrogen and oxygen atoms in total. The molecule has 0 saturated heterocycles. The zero-order valence-corrected chi connectivity index (χ0v) is 24.4. The van der Waals surface area contributed by atoms with E-state index in [0.717, 1.165) is 16.5 Å². The maximum absolute atomic E-state index is 13.4. The fraction of sp³-hybridized carbons (Fsp3) is 0.571. The minimum atomic E-state index is -1.14. The number of para-hydroxylation sites is 1. The van der Waals surface area contributed by atoms with Crippen molar-refractivity contribution in [1.82, 2.24) is 20.9 Å². The van der Waals surface area contributed by atoms with E-state index in [4.69, 9.17) is 11.5 Å². The Morgan fingerprint density at radius 3 is 2.25 bits per heavy atom. The molecule has 4 unspecified atom stereocenters. The molecule has 0 aliphatic carbocycles. The molecule has 4 atom stereocenters. The summed E-state index contributed by atoms with van der Waals surface area (Å²) in [6.45, 7) is 4.27. The van der Waals surface area contributed by atoms with Gasteiger partial charge in [0.2, 0.25) is 17.7 Å². The number of carboxylic acids is 1. The molecule has 0 fully saturated rings. The van der Waals surface area contributed by atoms with Crippen LogP contribution >= 0.6 is 11.8 Å². The zero-order chi connectivity index (χ0) is 29.7. The number of benzene rings is 1. The van der Waals surface area contributed by atoms with Gasteiger partial charge >= 0.3 is 5.97 Å². The van der Waals surface area contributed by atoms with E-state index in [-0.39, 0.29) is 25.2 Å². The first kappa shape index (κ1) is 33.1. The van der Waals surface area contributed by atoms with Crippen LogP contribution in [0.5, 0.6) is 0 Å². The summed E-state index contributed by atoms with van der Waals surface area (Å²) in [5.41, 5.74) is 13.7. The number of H-pyrrole nitrogens is 1. The molecule has 0 spiro atoms. The average Bonchev–Trinajstić information content (AvgIpc) is 3.32. The molecule has 0 saturated carbocycles. The highest BCUT2D eigenvalue weighted by atomic mass is 32.2. The molecule has 9 N–H and O–H groups in total. The molecule has 40 heavy (non-hydrogen) atoms. The van der Waals surface area contributed by atoms with Gasteiger partial charge in [0, 0.05) is 17.1 Å². The van der Waals surface area contributed by atoms with Crippen LogP contribution in [0.3, 0.4) is 0 Å². The summed E-state index contributed by atoms with van der Waals surface area (Å²) in [6, 6.07) is 3.87. The summed E-state index contributed by atoms with van der Waals surface area (Å²) >= 11 is 1.48. The van der Waals surface area contributed by atoms with Crippen LogP contribution in [-0.2, 0) is 25.6 Å². The van der Waals surface area contributed by atoms with Crippen molar-refractivity contribution in [1.29, 1.82) is 0 Å². The number of carbonyl (C=O) groups is 4. The number of rotatable bonds is 18. The zero-order valence-electron chi connectivity index (χ0n) is 23.6. The lowest BCUT2D eigenvalue weighted by atomic mass is 10.00. The molecule has 0 radical (unpaired) electrons. The second kappa shape index (κ2) is 16.9. The summed E-state index contributed by atoms with van der Waals surface area (Å²) < 4.78 is 0. The molecular formula is C28H44N6O5S. The third-order valence-electron chi connectivity index (χ3n) is 6.60. The first-order valence-corrected chi connectivity index (χ1v) is 15.1. The second-order valence-electron chi connectivity index (χ2n) is 10.4. The smallest absolute Gasteiger partial charge is 0.326 e. The second-order valence-corrected chi connectivity index (χ2v) is 11.4. The minimum absolute atomic E-state index is 0.0633. The number of carboxylic acid groups (broad SMARTS) is 1. The molecule has 1 aromatic heterocycles. The normalized spacial score (nSPS) is 14.3. The number of fused-ring (bicyclic) bond motifs is 1. The van der Waals surface area contributed by atoms with E-state index in [9.17, 15) is 24.3 Å². The fourth-order valence-corrected chi connectivity index (χ4v) is 4.88. The van der Waals surface area contributed by atoms with Gasteiger partial charge in [0.05, 0.1) is 6.04 Å². The first-order valence-electron chi connectivity index (χ1n) is 13.7. The number of nitrogens with two attached hydrogens (primary N) is 2. The molecule has 2 aromatic rings. The monoisotopic (exact) mass is 576 g/mol. The van der Waals surface area contributed by atoms with Gasteiger partial charge in [0.15, 0.2) is 0 Å². The van der Waals surface area contributed by atoms with Crippen molar-refractivity contribution in [2.45, 2.75) is 76.5 Å². The third-order valence-corrected chi connectivity index (χ3v) is 7.24. The van der Waals surface area contributed by atoms with Gasteiger partial charge < -0.3 is 37.5 Å². The van der Waals surface area contributed by atoms with Crippen molar-refractivity contribution >= 4 is 46.4 Å². The summed E-state index contributed by atoms with van der Waals surface area (Å²) in [5.74, 6) is -2.09. The molecule has 12 heteroatoms. The maximum Gasteiger partial charge on any atom is 0.326 e. The number of hydrogen-bond acceptors (Lipinski definition) is 7. The van der Waals surface area contributed by atoms with Crippen molar-refractivity contribution in [3.63, 3.8) is 0 Å². The van der Waals surface area contributed by atoms with E-state index in [2.05, 4.69) is 20.9 Å². The molecule has 0 aliphatic heterocycles. The molecule has 2 rings (SSSR count). The Morgan fingerprint density at radius 2 is 1.60 bits per heavy atom. The lowest BCUT2D eigenvalue weighted by Crippen LogP contribution is -2.57. The minimum Gasteiger partial charge on any atom is -0.480 e. The van der Waals surface area contributed by atoms with Crippen molar-refractivity contribution < 1.29 is 24.3 Å². The number of aromatic amines is 1. The predicted octanol–water partition coefficient (Wildman–Crippen LogP) is 1.50. The Morgan fingerprint density at radius 1 is 0.950 bits per heavy atom. The first-order chi connectivity index (χ1) is 19.1. The Hall–Kier alpha value is -3.09. The standard InChI is InChI=1S/C28H44N6O5S/c1-17(2)14-24(34-25(35)20(30)15-18-16-31-21-9-5-4-8-19(18)21)27(37)32-22(10-6-7-12-29)26(36)33-23(28(38)39)11-13-40-3/h4-5,8-9,16-17,20,22-24,31H,6-7,10-15,29-30H2,1-3H3,(H,32,37)(H,33,36)(H,34,35)(H,38,39). The third kappa shape index (κ3) is 10.5. The molecule has 1 aromatic carbocycles. The van der Waals surface area contributed by atoms with Crippen LogP contribution in [0.15, 0.2) is 30.5 Å². The quantitative estimate of drug-likeness (QED) is 0.130. The number of nitrogens with one attached hydrogen (secondary N) is 4. The van der Waals surface area contributed by atoms with E-state index in [1.807, 2.05) is 50.6 Å². The molecule has 3 amide bonds. The summed E-state index contributed by atoms with van der Waals surface area (Å²) in [7, 11) is 0. The number of unbranched alkanes of at least 4 members (excludes halogenated alkanes) is 1. The van der Waals surface area contributed by atoms with Gasteiger partial charge in [-0.05, 0) is 74.6 Å². The number of carbonyl (C=O) groups excluding carboxylic acids is 3. The van der Waals surface area contributed by atoms with Crippen molar-refractivity contribution in [2.24, 2.45) is 17.4 Å². The molecule has 222 valence electrons. The lowest BCUT2D eigenvalue weighted by molar-refractivity contribution is -0.142. The van der Waals surface area contributed by atoms with Crippen LogP contribution in [0, 0.1) is 5.92 Å². The van der Waals surface area contributed by atoms with Crippen LogP contribution in [0.2, 0.25) is 0 Å². The van der Waals surface area contributed by atoms with Crippen molar-refractivity contribution in [2.75, 3.05) is 18.6 Å². The molecule has 1 heterocycles. The van der Waals surface area contributed by atoms with Crippen LogP contribution in [0.1, 0.15) is 51.5 Å². The lowest BCUT2D eigenvalue weighted by Gasteiger charge is -2.26. The highest BCUT2D eigenvalue weighted by Crippen LogP contribution is 2.19. The van der Waals surface area contributed by atoms with E-state index in [1.54, 1.807) is 0 Å². The fourth-order valence-electron chi connectivity index (χ4n) is 4.41. The van der Waals surface area contributed by atoms with Gasteiger partial charge in [0.25, 0.3) is 0 Å². The summed E-state index contributed by atoms with van der Waals surface area (Å²) in [5, 5.41) is 18.6. The highest BCUT2D eigenvalue weighted by molar-refractivity contribution is 7.98. The Bertz CT molecular complexity index is 1120. The largest absolute Gasteiger partial charge is 0.480 e. The summed E-state index contributed by atoms with van der Waals surface area (Å²) in [6.07, 6.45) is 6.04. The van der Waals surface area contributed by atoms with Crippen LogP contribution in [0.4, 0.5) is 0 Å². The van der Waals surface area contributed by atoms with Gasteiger partial charge in [-0.25, -0.2) is 4.79 Å². The topological polar surface area (TPSA) is 192 Å². The maximum atomic E-state index is 13.4. The van der Waals surface area contributed by atoms with E-state index in [0.29, 0.717) is 31.6 Å². The van der Waals surface area contributed by atoms with E-state index < -0.39 is 47.9 Å². The van der Waals surface area contributed by atoms with Crippen LogP contribution in [0.25, 0.3) is 10.9 Å². The molecular weight excluding hydrogens is 532 g/mol. The van der Waals surface area contributed by atoms with Gasteiger partial charge in [-0.1, -0.05) is 32.0 Å². The van der Waals surface area contributed by atoms with Crippen LogP contribution < -0.4 is 27.4 Å². The number of thioether (sulfide) groups is 1. The van der Waals surface area contributed by atoms with E-state index in [1.165, 1.54) is 11.8 Å². The summed E-state index contributed by atoms with van der Waals surface area (Å²) in [4.78, 5) is 54.3. The SMILES string of the molecule is CSCCC(NC(=O)C(CCCCN)NC(=O)C(CC(C)C)NC(=O)C(N)Cc1c[nH]c2ccccc12)C(=O)O. The van der Waals surface area contributed by atoms with Crippen LogP contribution in [-0.4, -0.2) is 76.5 Å². The molecule has 0 aliphatic rings. The number of aliphatic carboxylic acids is 1. The van der Waals surface area contributed by atoms with Gasteiger partial charge in [-0.2, -0.15) is 11.8 Å². The van der Waals surface area contributed by atoms with Gasteiger partial charge in [-0.3, -0.25) is 14.4 Å². The Kier molecular flexibility index (Phi) is 14.0. The Labute approximate surface area is 240 Å².